The summed E-state index contributed by atoms with van der Waals surface area (Å²) in [5.74, 6) is 0.272. The summed E-state index contributed by atoms with van der Waals surface area (Å²) in [5.41, 5.74) is 1.57. The minimum absolute atomic E-state index is 0.220. The number of amides is 1. The predicted molar refractivity (Wildman–Crippen MR) is 113 cm³/mol. The molecule has 0 atom stereocenters. The van der Waals surface area contributed by atoms with Crippen molar-refractivity contribution in [3.8, 4) is 16.4 Å². The van der Waals surface area contributed by atoms with Crippen molar-refractivity contribution < 1.29 is 4.79 Å². The molecule has 1 N–H and O–H groups in total. The van der Waals surface area contributed by atoms with Crippen molar-refractivity contribution in [1.82, 2.24) is 19.7 Å². The maximum Gasteiger partial charge on any atom is 0.269 e. The van der Waals surface area contributed by atoms with Crippen LogP contribution in [0.4, 0.5) is 5.13 Å². The molecule has 0 aliphatic carbocycles. The second kappa shape index (κ2) is 8.04. The Morgan fingerprint density at radius 3 is 2.54 bits per heavy atom. The van der Waals surface area contributed by atoms with Crippen LogP contribution in [-0.4, -0.2) is 25.7 Å². The van der Waals surface area contributed by atoms with Crippen LogP contribution < -0.4 is 5.32 Å². The van der Waals surface area contributed by atoms with E-state index in [1.807, 2.05) is 59.4 Å². The average Bonchev–Trinajstić information content (AvgIpc) is 3.42. The Labute approximate surface area is 170 Å². The van der Waals surface area contributed by atoms with E-state index >= 15 is 0 Å². The number of carbonyl (C=O) groups excluding carboxylic acids is 1. The molecule has 0 saturated heterocycles. The van der Waals surface area contributed by atoms with Crippen molar-refractivity contribution in [3.05, 3.63) is 64.7 Å². The van der Waals surface area contributed by atoms with E-state index in [9.17, 15) is 4.79 Å². The van der Waals surface area contributed by atoms with Crippen LogP contribution in [0.15, 0.2) is 54.9 Å². The van der Waals surface area contributed by atoms with Gasteiger partial charge in [0.15, 0.2) is 5.13 Å². The lowest BCUT2D eigenvalue weighted by molar-refractivity contribution is 0.103. The van der Waals surface area contributed by atoms with Gasteiger partial charge in [-0.15, -0.1) is 10.2 Å². The molecule has 28 heavy (non-hydrogen) atoms. The Bertz CT molecular complexity index is 1070. The molecule has 0 fully saturated rings. The smallest absolute Gasteiger partial charge is 0.269 e. The van der Waals surface area contributed by atoms with Gasteiger partial charge in [0.05, 0.1) is 5.69 Å². The lowest BCUT2D eigenvalue weighted by Crippen LogP contribution is -2.11. The van der Waals surface area contributed by atoms with E-state index in [4.69, 9.17) is 4.98 Å². The van der Waals surface area contributed by atoms with Gasteiger partial charge >= 0.3 is 0 Å². The third kappa shape index (κ3) is 4.02. The number of thiazole rings is 1. The fraction of sp³-hybridized carbons (Fsp3) is 0.200. The third-order valence-electron chi connectivity index (χ3n) is 3.96. The van der Waals surface area contributed by atoms with Gasteiger partial charge in [-0.2, -0.15) is 0 Å². The normalized spacial score (nSPS) is 11.1. The van der Waals surface area contributed by atoms with Crippen LogP contribution >= 0.6 is 22.7 Å². The summed E-state index contributed by atoms with van der Waals surface area (Å²) in [5, 5.41) is 13.3. The summed E-state index contributed by atoms with van der Waals surface area (Å²) >= 11 is 2.77. The number of nitrogens with one attached hydrogen (secondary N) is 1. The number of carbonyl (C=O) groups is 1. The standard InChI is InChI=1S/C20H19N5OS2/c1-13(2)12-15-23-24-19(27-15)22-18(26)17-16(14-8-4-3-5-9-14)21-20(28-17)25-10-6-7-11-25/h3-11,13H,12H2,1-2H3,(H,22,24,26). The summed E-state index contributed by atoms with van der Waals surface area (Å²) in [4.78, 5) is 18.3. The van der Waals surface area contributed by atoms with Crippen LogP contribution in [-0.2, 0) is 6.42 Å². The van der Waals surface area contributed by atoms with Gasteiger partial charge in [0.2, 0.25) is 5.13 Å². The highest BCUT2D eigenvalue weighted by Gasteiger charge is 2.21. The second-order valence-corrected chi connectivity index (χ2v) is 8.72. The average molecular weight is 410 g/mol. The number of anilines is 1. The Balaban J connectivity index is 1.65. The van der Waals surface area contributed by atoms with Gasteiger partial charge in [0.1, 0.15) is 9.88 Å². The highest BCUT2D eigenvalue weighted by atomic mass is 32.1. The largest absolute Gasteiger partial charge is 0.300 e. The fourth-order valence-corrected chi connectivity index (χ4v) is 4.61. The van der Waals surface area contributed by atoms with Gasteiger partial charge in [-0.1, -0.05) is 66.9 Å². The molecule has 6 nitrogen and oxygen atoms in total. The van der Waals surface area contributed by atoms with Crippen molar-refractivity contribution in [2.24, 2.45) is 5.92 Å². The van der Waals surface area contributed by atoms with E-state index in [0.29, 0.717) is 21.6 Å². The van der Waals surface area contributed by atoms with Gasteiger partial charge in [0.25, 0.3) is 5.91 Å². The molecule has 0 aliphatic heterocycles. The van der Waals surface area contributed by atoms with Gasteiger partial charge in [-0.05, 0) is 18.1 Å². The molecule has 3 aromatic heterocycles. The molecule has 0 saturated carbocycles. The van der Waals surface area contributed by atoms with E-state index in [1.54, 1.807) is 0 Å². The lowest BCUT2D eigenvalue weighted by atomic mass is 10.1. The van der Waals surface area contributed by atoms with E-state index in [-0.39, 0.29) is 5.91 Å². The molecular formula is C20H19N5OS2. The van der Waals surface area contributed by atoms with Crippen molar-refractivity contribution >= 4 is 33.7 Å². The van der Waals surface area contributed by atoms with Crippen molar-refractivity contribution in [3.63, 3.8) is 0 Å². The van der Waals surface area contributed by atoms with Gasteiger partial charge in [-0.25, -0.2) is 4.98 Å². The van der Waals surface area contributed by atoms with E-state index in [0.717, 1.165) is 22.1 Å². The highest BCUT2D eigenvalue weighted by molar-refractivity contribution is 7.17. The maximum absolute atomic E-state index is 13.0. The molecule has 3 heterocycles. The number of hydrogen-bond acceptors (Lipinski definition) is 6. The van der Waals surface area contributed by atoms with Gasteiger partial charge in [-0.3, -0.25) is 10.1 Å². The second-order valence-electron chi connectivity index (χ2n) is 6.68. The Kier molecular flexibility index (Phi) is 5.31. The summed E-state index contributed by atoms with van der Waals surface area (Å²) in [6, 6.07) is 13.6. The molecule has 0 spiro atoms. The van der Waals surface area contributed by atoms with Crippen LogP contribution in [0, 0.1) is 5.92 Å². The summed E-state index contributed by atoms with van der Waals surface area (Å²) in [7, 11) is 0. The third-order valence-corrected chi connectivity index (χ3v) is 5.89. The van der Waals surface area contributed by atoms with Crippen molar-refractivity contribution in [2.75, 3.05) is 5.32 Å². The lowest BCUT2D eigenvalue weighted by Gasteiger charge is -2.02. The molecule has 8 heteroatoms. The molecule has 0 unspecified atom stereocenters. The van der Waals surface area contributed by atoms with Gasteiger partial charge in [0, 0.05) is 24.4 Å². The number of hydrogen-bond donors (Lipinski definition) is 1. The molecule has 4 aromatic rings. The quantitative estimate of drug-likeness (QED) is 0.491. The van der Waals surface area contributed by atoms with Crippen LogP contribution in [0.2, 0.25) is 0 Å². The first-order chi connectivity index (χ1) is 13.6. The first-order valence-corrected chi connectivity index (χ1v) is 10.6. The molecule has 0 aliphatic rings. The highest BCUT2D eigenvalue weighted by Crippen LogP contribution is 2.31. The molecule has 1 aromatic carbocycles. The minimum atomic E-state index is -0.220. The van der Waals surface area contributed by atoms with Gasteiger partial charge < -0.3 is 4.57 Å². The number of nitrogens with zero attached hydrogens (tertiary/aromatic N) is 4. The SMILES string of the molecule is CC(C)Cc1nnc(NC(=O)c2sc(-n3cccc3)nc2-c2ccccc2)s1. The van der Waals surface area contributed by atoms with Crippen molar-refractivity contribution in [1.29, 1.82) is 0 Å². The Morgan fingerprint density at radius 2 is 1.82 bits per heavy atom. The monoisotopic (exact) mass is 409 g/mol. The first kappa shape index (κ1) is 18.5. The number of rotatable bonds is 6. The molecule has 0 radical (unpaired) electrons. The minimum Gasteiger partial charge on any atom is -0.300 e. The Morgan fingerprint density at radius 1 is 1.07 bits per heavy atom. The number of benzene rings is 1. The summed E-state index contributed by atoms with van der Waals surface area (Å²) in [6.45, 7) is 4.26. The van der Waals surface area contributed by atoms with E-state index in [1.165, 1.54) is 22.7 Å². The Hall–Kier alpha value is -2.84. The summed E-state index contributed by atoms with van der Waals surface area (Å²) in [6.07, 6.45) is 4.68. The topological polar surface area (TPSA) is 72.7 Å². The molecule has 142 valence electrons. The molecule has 4 rings (SSSR count). The van der Waals surface area contributed by atoms with Crippen LogP contribution in [0.25, 0.3) is 16.4 Å². The number of aromatic nitrogens is 4. The van der Waals surface area contributed by atoms with Crippen LogP contribution in [0.1, 0.15) is 28.5 Å². The van der Waals surface area contributed by atoms with E-state index in [2.05, 4.69) is 29.4 Å². The zero-order chi connectivity index (χ0) is 19.5. The fourth-order valence-electron chi connectivity index (χ4n) is 2.72. The molecule has 1 amide bonds. The molecule has 0 bridgehead atoms. The molecular weight excluding hydrogens is 390 g/mol. The van der Waals surface area contributed by atoms with Crippen LogP contribution in [0.5, 0.6) is 0 Å². The van der Waals surface area contributed by atoms with E-state index < -0.39 is 0 Å². The predicted octanol–water partition coefficient (Wildman–Crippen LogP) is 4.90. The zero-order valence-electron chi connectivity index (χ0n) is 15.5. The summed E-state index contributed by atoms with van der Waals surface area (Å²) < 4.78 is 1.90. The maximum atomic E-state index is 13.0. The van der Waals surface area contributed by atoms with Crippen molar-refractivity contribution in [2.45, 2.75) is 20.3 Å². The first-order valence-electron chi connectivity index (χ1n) is 8.93. The zero-order valence-corrected chi connectivity index (χ0v) is 17.1. The van der Waals surface area contributed by atoms with Crippen LogP contribution in [0.3, 0.4) is 0 Å².